The summed E-state index contributed by atoms with van der Waals surface area (Å²) in [4.78, 5) is 17.9. The number of nitrogens with zero attached hydrogens (tertiary/aromatic N) is 1. The summed E-state index contributed by atoms with van der Waals surface area (Å²) in [6.07, 6.45) is 6.01. The molecular formula is C12H13N3O3. The van der Waals surface area contributed by atoms with Crippen LogP contribution in [0.5, 0.6) is 11.5 Å². The molecule has 18 heavy (non-hydrogen) atoms. The smallest absolute Gasteiger partial charge is 0.410 e. The Balaban J connectivity index is 1.90. The van der Waals surface area contributed by atoms with Crippen molar-refractivity contribution in [2.75, 3.05) is 0 Å². The Labute approximate surface area is 103 Å². The van der Waals surface area contributed by atoms with E-state index in [0.717, 1.165) is 12.8 Å². The van der Waals surface area contributed by atoms with Crippen LogP contribution < -0.4 is 15.2 Å². The van der Waals surface area contributed by atoms with Crippen molar-refractivity contribution >= 4 is 17.1 Å². The average Bonchev–Trinajstić information content (AvgIpc) is 2.66. The summed E-state index contributed by atoms with van der Waals surface area (Å²) in [7, 11) is 0. The Morgan fingerprint density at radius 1 is 1.50 bits per heavy atom. The zero-order chi connectivity index (χ0) is 12.5. The molecule has 2 aromatic rings. The largest absolute Gasteiger partial charge is 0.489 e. The fraction of sp³-hybridized carbons (Fsp3) is 0.333. The third-order valence-electron chi connectivity index (χ3n) is 3.03. The fourth-order valence-corrected chi connectivity index (χ4v) is 1.90. The number of amides is 1. The molecular weight excluding hydrogens is 234 g/mol. The van der Waals surface area contributed by atoms with E-state index < -0.39 is 6.09 Å². The van der Waals surface area contributed by atoms with Gasteiger partial charge in [0, 0.05) is 6.20 Å². The monoisotopic (exact) mass is 247 g/mol. The molecule has 2 heterocycles. The first kappa shape index (κ1) is 10.9. The number of primary amides is 1. The van der Waals surface area contributed by atoms with Crippen LogP contribution in [0.2, 0.25) is 0 Å². The van der Waals surface area contributed by atoms with Gasteiger partial charge in [-0.3, -0.25) is 0 Å². The molecule has 0 bridgehead atoms. The van der Waals surface area contributed by atoms with Crippen LogP contribution in [0.1, 0.15) is 19.3 Å². The highest BCUT2D eigenvalue weighted by Gasteiger charge is 2.19. The van der Waals surface area contributed by atoms with E-state index in [1.165, 1.54) is 6.42 Å². The van der Waals surface area contributed by atoms with Crippen LogP contribution >= 0.6 is 0 Å². The molecule has 0 atom stereocenters. The quantitative estimate of drug-likeness (QED) is 0.867. The minimum Gasteiger partial charge on any atom is -0.489 e. The van der Waals surface area contributed by atoms with Gasteiger partial charge in [0.25, 0.3) is 0 Å². The molecule has 6 heteroatoms. The van der Waals surface area contributed by atoms with Crippen LogP contribution in [0, 0.1) is 0 Å². The molecule has 1 amide bonds. The number of pyridine rings is 1. The van der Waals surface area contributed by atoms with E-state index in [-0.39, 0.29) is 6.10 Å². The van der Waals surface area contributed by atoms with E-state index in [2.05, 4.69) is 9.97 Å². The van der Waals surface area contributed by atoms with Crippen LogP contribution in [-0.4, -0.2) is 22.2 Å². The number of nitrogens with one attached hydrogen (secondary N) is 1. The molecule has 3 N–H and O–H groups in total. The van der Waals surface area contributed by atoms with Crippen molar-refractivity contribution in [3.8, 4) is 11.5 Å². The zero-order valence-electron chi connectivity index (χ0n) is 9.68. The van der Waals surface area contributed by atoms with Crippen LogP contribution in [-0.2, 0) is 0 Å². The SMILES string of the molecule is NC(=O)Oc1c[nH]c2ncc(OC3CCC3)cc12. The van der Waals surface area contributed by atoms with Crippen LogP contribution in [0.4, 0.5) is 4.79 Å². The molecule has 0 saturated heterocycles. The van der Waals surface area contributed by atoms with Gasteiger partial charge in [-0.1, -0.05) is 0 Å². The predicted molar refractivity (Wildman–Crippen MR) is 64.6 cm³/mol. The maximum Gasteiger partial charge on any atom is 0.410 e. The van der Waals surface area contributed by atoms with Crippen molar-refractivity contribution in [1.82, 2.24) is 9.97 Å². The topological polar surface area (TPSA) is 90.2 Å². The lowest BCUT2D eigenvalue weighted by Gasteiger charge is -2.26. The average molecular weight is 247 g/mol. The number of hydrogen-bond acceptors (Lipinski definition) is 4. The number of nitrogens with two attached hydrogens (primary N) is 1. The molecule has 1 aliphatic rings. The Morgan fingerprint density at radius 2 is 2.33 bits per heavy atom. The van der Waals surface area contributed by atoms with Crippen molar-refractivity contribution in [1.29, 1.82) is 0 Å². The van der Waals surface area contributed by atoms with Crippen molar-refractivity contribution in [3.63, 3.8) is 0 Å². The summed E-state index contributed by atoms with van der Waals surface area (Å²) < 4.78 is 10.6. The third-order valence-corrected chi connectivity index (χ3v) is 3.03. The van der Waals surface area contributed by atoms with Crippen molar-refractivity contribution in [3.05, 3.63) is 18.5 Å². The summed E-state index contributed by atoms with van der Waals surface area (Å²) in [6.45, 7) is 0. The molecule has 0 radical (unpaired) electrons. The highest BCUT2D eigenvalue weighted by molar-refractivity contribution is 5.86. The molecule has 6 nitrogen and oxygen atoms in total. The maximum absolute atomic E-state index is 10.8. The molecule has 0 unspecified atom stereocenters. The molecule has 1 saturated carbocycles. The Hall–Kier alpha value is -2.24. The summed E-state index contributed by atoms with van der Waals surface area (Å²) in [5, 5.41) is 0.686. The lowest BCUT2D eigenvalue weighted by molar-refractivity contribution is 0.120. The van der Waals surface area contributed by atoms with Gasteiger partial charge in [0.05, 0.1) is 17.7 Å². The number of ether oxygens (including phenoxy) is 2. The third kappa shape index (κ3) is 1.97. The number of aromatic nitrogens is 2. The first-order chi connectivity index (χ1) is 8.72. The number of H-pyrrole nitrogens is 1. The first-order valence-electron chi connectivity index (χ1n) is 5.83. The molecule has 1 fully saturated rings. The summed E-state index contributed by atoms with van der Waals surface area (Å²) in [5.74, 6) is 1.05. The number of fused-ring (bicyclic) bond motifs is 1. The van der Waals surface area contributed by atoms with E-state index >= 15 is 0 Å². The molecule has 0 aliphatic heterocycles. The summed E-state index contributed by atoms with van der Waals surface area (Å²) in [6, 6.07) is 1.80. The number of carbonyl (C=O) groups excluding carboxylic acids is 1. The second-order valence-electron chi connectivity index (χ2n) is 4.31. The van der Waals surface area contributed by atoms with Gasteiger partial charge in [-0.05, 0) is 25.3 Å². The van der Waals surface area contributed by atoms with Crippen molar-refractivity contribution in [2.45, 2.75) is 25.4 Å². The molecule has 0 aromatic carbocycles. The normalized spacial score (nSPS) is 15.3. The predicted octanol–water partition coefficient (Wildman–Crippen LogP) is 1.95. The summed E-state index contributed by atoms with van der Waals surface area (Å²) in [5.41, 5.74) is 5.63. The van der Waals surface area contributed by atoms with Gasteiger partial charge < -0.3 is 20.2 Å². The van der Waals surface area contributed by atoms with E-state index in [0.29, 0.717) is 22.5 Å². The second kappa shape index (κ2) is 4.21. The molecule has 94 valence electrons. The van der Waals surface area contributed by atoms with Crippen molar-refractivity contribution in [2.24, 2.45) is 5.73 Å². The van der Waals surface area contributed by atoms with Crippen LogP contribution in [0.25, 0.3) is 11.0 Å². The van der Waals surface area contributed by atoms with Gasteiger partial charge in [0.15, 0.2) is 5.75 Å². The van der Waals surface area contributed by atoms with E-state index in [1.54, 1.807) is 18.5 Å². The number of hydrogen-bond donors (Lipinski definition) is 2. The second-order valence-corrected chi connectivity index (χ2v) is 4.31. The van der Waals surface area contributed by atoms with E-state index in [4.69, 9.17) is 15.2 Å². The standard InChI is InChI=1S/C12H13N3O3/c13-12(16)18-10-6-15-11-9(10)4-8(5-14-11)17-7-2-1-3-7/h4-7H,1-3H2,(H2,13,16)(H,14,15). The molecule has 3 rings (SSSR count). The first-order valence-corrected chi connectivity index (χ1v) is 5.83. The lowest BCUT2D eigenvalue weighted by atomic mass is 9.96. The van der Waals surface area contributed by atoms with E-state index in [9.17, 15) is 4.79 Å². The maximum atomic E-state index is 10.8. The van der Waals surface area contributed by atoms with E-state index in [1.807, 2.05) is 0 Å². The molecule has 0 spiro atoms. The van der Waals surface area contributed by atoms with Crippen molar-refractivity contribution < 1.29 is 14.3 Å². The minimum absolute atomic E-state index is 0.281. The number of rotatable bonds is 3. The fourth-order valence-electron chi connectivity index (χ4n) is 1.90. The zero-order valence-corrected chi connectivity index (χ0v) is 9.68. The highest BCUT2D eigenvalue weighted by Crippen LogP contribution is 2.30. The van der Waals surface area contributed by atoms with Crippen LogP contribution in [0.3, 0.4) is 0 Å². The van der Waals surface area contributed by atoms with Gasteiger partial charge in [-0.15, -0.1) is 0 Å². The molecule has 1 aliphatic carbocycles. The summed E-state index contributed by atoms with van der Waals surface area (Å²) >= 11 is 0. The van der Waals surface area contributed by atoms with Crippen LogP contribution in [0.15, 0.2) is 18.5 Å². The minimum atomic E-state index is -0.846. The Bertz CT molecular complexity index is 589. The Morgan fingerprint density at radius 3 is 3.00 bits per heavy atom. The number of aromatic amines is 1. The van der Waals surface area contributed by atoms with Gasteiger partial charge >= 0.3 is 6.09 Å². The highest BCUT2D eigenvalue weighted by atomic mass is 16.5. The number of carbonyl (C=O) groups is 1. The van der Waals surface area contributed by atoms with Gasteiger partial charge in [-0.2, -0.15) is 0 Å². The van der Waals surface area contributed by atoms with Gasteiger partial charge in [0.2, 0.25) is 0 Å². The molecule has 2 aromatic heterocycles. The van der Waals surface area contributed by atoms with Gasteiger partial charge in [-0.25, -0.2) is 9.78 Å². The van der Waals surface area contributed by atoms with Gasteiger partial charge in [0.1, 0.15) is 11.4 Å². The lowest BCUT2D eigenvalue weighted by Crippen LogP contribution is -2.24. The Kier molecular flexibility index (Phi) is 2.55.